The number of furan rings is 1. The van der Waals surface area contributed by atoms with Crippen molar-refractivity contribution in [1.29, 1.82) is 0 Å². The van der Waals surface area contributed by atoms with Gasteiger partial charge in [-0.15, -0.1) is 0 Å². The molecule has 0 unspecified atom stereocenters. The standard InChI is InChI=1S/C17H18N2O4/c1-19-14(20)11-23-16(15(19)12-6-3-2-4-7-12)17(21)18-10-13-8-5-9-22-13/h2-9,15-16H,10-11H2,1H3,(H,18,21)/t15-,16+/m1/s1. The van der Waals surface area contributed by atoms with Gasteiger partial charge in [-0.2, -0.15) is 0 Å². The van der Waals surface area contributed by atoms with Gasteiger partial charge in [-0.05, 0) is 17.7 Å². The molecule has 0 aliphatic carbocycles. The molecule has 2 heterocycles. The van der Waals surface area contributed by atoms with Crippen molar-refractivity contribution in [3.8, 4) is 0 Å². The number of carbonyl (C=O) groups is 2. The Hall–Kier alpha value is -2.60. The largest absolute Gasteiger partial charge is 0.467 e. The summed E-state index contributed by atoms with van der Waals surface area (Å²) in [6, 6.07) is 12.5. The summed E-state index contributed by atoms with van der Waals surface area (Å²) in [4.78, 5) is 26.0. The zero-order chi connectivity index (χ0) is 16.2. The van der Waals surface area contributed by atoms with Gasteiger partial charge in [-0.25, -0.2) is 0 Å². The fraction of sp³-hybridized carbons (Fsp3) is 0.294. The van der Waals surface area contributed by atoms with Crippen molar-refractivity contribution < 1.29 is 18.7 Å². The van der Waals surface area contributed by atoms with Crippen LogP contribution in [0, 0.1) is 0 Å². The van der Waals surface area contributed by atoms with Gasteiger partial charge in [0.15, 0.2) is 6.10 Å². The van der Waals surface area contributed by atoms with Gasteiger partial charge in [0.05, 0.1) is 18.8 Å². The van der Waals surface area contributed by atoms with E-state index in [1.165, 1.54) is 0 Å². The molecule has 1 fully saturated rings. The fourth-order valence-electron chi connectivity index (χ4n) is 2.67. The number of amides is 2. The predicted molar refractivity (Wildman–Crippen MR) is 82.2 cm³/mol. The Kier molecular flexibility index (Phi) is 4.43. The molecule has 2 atom stereocenters. The molecule has 2 aromatic rings. The fourth-order valence-corrected chi connectivity index (χ4v) is 2.67. The van der Waals surface area contributed by atoms with Crippen LogP contribution < -0.4 is 5.32 Å². The molecule has 1 aromatic carbocycles. The van der Waals surface area contributed by atoms with Gasteiger partial charge in [-0.1, -0.05) is 30.3 Å². The van der Waals surface area contributed by atoms with E-state index in [1.807, 2.05) is 30.3 Å². The molecule has 0 spiro atoms. The van der Waals surface area contributed by atoms with E-state index in [9.17, 15) is 9.59 Å². The lowest BCUT2D eigenvalue weighted by Crippen LogP contribution is -2.52. The predicted octanol–water partition coefficient (Wildman–Crippen LogP) is 1.49. The number of hydrogen-bond donors (Lipinski definition) is 1. The minimum Gasteiger partial charge on any atom is -0.467 e. The van der Waals surface area contributed by atoms with Crippen molar-refractivity contribution in [3.63, 3.8) is 0 Å². The molecule has 23 heavy (non-hydrogen) atoms. The van der Waals surface area contributed by atoms with E-state index >= 15 is 0 Å². The van der Waals surface area contributed by atoms with Crippen molar-refractivity contribution in [3.05, 3.63) is 60.1 Å². The minimum atomic E-state index is -0.755. The summed E-state index contributed by atoms with van der Waals surface area (Å²) in [5.41, 5.74) is 0.862. The maximum atomic E-state index is 12.5. The van der Waals surface area contributed by atoms with Crippen LogP contribution in [0.4, 0.5) is 0 Å². The summed E-state index contributed by atoms with van der Waals surface area (Å²) >= 11 is 0. The highest BCUT2D eigenvalue weighted by atomic mass is 16.5. The Labute approximate surface area is 134 Å². The van der Waals surface area contributed by atoms with Crippen molar-refractivity contribution in [1.82, 2.24) is 10.2 Å². The lowest BCUT2D eigenvalue weighted by Gasteiger charge is -2.38. The number of nitrogens with one attached hydrogen (secondary N) is 1. The summed E-state index contributed by atoms with van der Waals surface area (Å²) in [7, 11) is 1.69. The number of carbonyl (C=O) groups excluding carboxylic acids is 2. The molecule has 0 bridgehead atoms. The highest BCUT2D eigenvalue weighted by molar-refractivity contribution is 5.86. The van der Waals surface area contributed by atoms with E-state index in [0.717, 1.165) is 5.56 Å². The molecule has 3 rings (SSSR count). The summed E-state index contributed by atoms with van der Waals surface area (Å²) in [6.07, 6.45) is 0.799. The first kappa shape index (κ1) is 15.3. The molecule has 120 valence electrons. The van der Waals surface area contributed by atoms with E-state index in [2.05, 4.69) is 5.32 Å². The topological polar surface area (TPSA) is 71.8 Å². The second-order valence-corrected chi connectivity index (χ2v) is 5.39. The summed E-state index contributed by atoms with van der Waals surface area (Å²) < 4.78 is 10.7. The van der Waals surface area contributed by atoms with Crippen LogP contribution in [-0.4, -0.2) is 36.5 Å². The Morgan fingerprint density at radius 1 is 1.26 bits per heavy atom. The number of morpholine rings is 1. The number of ether oxygens (including phenoxy) is 1. The van der Waals surface area contributed by atoms with Crippen molar-refractivity contribution in [2.45, 2.75) is 18.7 Å². The number of rotatable bonds is 4. The van der Waals surface area contributed by atoms with Crippen LogP contribution in [0.1, 0.15) is 17.4 Å². The average molecular weight is 314 g/mol. The highest BCUT2D eigenvalue weighted by Gasteiger charge is 2.39. The van der Waals surface area contributed by atoms with Gasteiger partial charge in [0.25, 0.3) is 5.91 Å². The SMILES string of the molecule is CN1C(=O)CO[C@H](C(=O)NCc2ccco2)[C@H]1c1ccccc1. The van der Waals surface area contributed by atoms with E-state index < -0.39 is 12.1 Å². The zero-order valence-electron chi connectivity index (χ0n) is 12.8. The van der Waals surface area contributed by atoms with Crippen LogP contribution in [-0.2, 0) is 20.9 Å². The molecule has 1 N–H and O–H groups in total. The van der Waals surface area contributed by atoms with Crippen molar-refractivity contribution in [2.24, 2.45) is 0 Å². The van der Waals surface area contributed by atoms with Crippen molar-refractivity contribution in [2.75, 3.05) is 13.7 Å². The molecular weight excluding hydrogens is 296 g/mol. The molecule has 6 nitrogen and oxygen atoms in total. The smallest absolute Gasteiger partial charge is 0.252 e. The minimum absolute atomic E-state index is 0.0985. The van der Waals surface area contributed by atoms with Crippen LogP contribution in [0.25, 0.3) is 0 Å². The third-order valence-corrected chi connectivity index (χ3v) is 3.90. The molecule has 1 aliphatic heterocycles. The first-order valence-corrected chi connectivity index (χ1v) is 7.39. The first-order valence-electron chi connectivity index (χ1n) is 7.39. The van der Waals surface area contributed by atoms with E-state index in [0.29, 0.717) is 5.76 Å². The second kappa shape index (κ2) is 6.66. The lowest BCUT2D eigenvalue weighted by atomic mass is 9.97. The van der Waals surface area contributed by atoms with Gasteiger partial charge in [0.2, 0.25) is 5.91 Å². The maximum absolute atomic E-state index is 12.5. The summed E-state index contributed by atoms with van der Waals surface area (Å²) in [5, 5.41) is 2.79. The molecule has 1 saturated heterocycles. The normalized spacial score (nSPS) is 21.3. The third-order valence-electron chi connectivity index (χ3n) is 3.90. The van der Waals surface area contributed by atoms with Crippen molar-refractivity contribution >= 4 is 11.8 Å². The van der Waals surface area contributed by atoms with Gasteiger partial charge >= 0.3 is 0 Å². The van der Waals surface area contributed by atoms with E-state index in [-0.39, 0.29) is 25.0 Å². The Morgan fingerprint density at radius 2 is 2.04 bits per heavy atom. The first-order chi connectivity index (χ1) is 11.2. The zero-order valence-corrected chi connectivity index (χ0v) is 12.8. The van der Waals surface area contributed by atoms with Crippen LogP contribution in [0.2, 0.25) is 0 Å². The highest BCUT2D eigenvalue weighted by Crippen LogP contribution is 2.29. The molecule has 0 saturated carbocycles. The quantitative estimate of drug-likeness (QED) is 0.928. The molecule has 2 amide bonds. The molecule has 0 radical (unpaired) electrons. The lowest BCUT2D eigenvalue weighted by molar-refractivity contribution is -0.162. The number of nitrogens with zero attached hydrogens (tertiary/aromatic N) is 1. The molecule has 1 aromatic heterocycles. The van der Waals surface area contributed by atoms with Crippen LogP contribution in [0.15, 0.2) is 53.1 Å². The molecule has 6 heteroatoms. The van der Waals surface area contributed by atoms with Crippen LogP contribution >= 0.6 is 0 Å². The third kappa shape index (κ3) is 3.27. The average Bonchev–Trinajstić information content (AvgIpc) is 3.09. The van der Waals surface area contributed by atoms with Crippen LogP contribution in [0.5, 0.6) is 0 Å². The van der Waals surface area contributed by atoms with E-state index in [1.54, 1.807) is 30.3 Å². The maximum Gasteiger partial charge on any atom is 0.252 e. The molecular formula is C17H18N2O4. The van der Waals surface area contributed by atoms with Gasteiger partial charge in [-0.3, -0.25) is 9.59 Å². The summed E-state index contributed by atoms with van der Waals surface area (Å²) in [6.45, 7) is 0.184. The van der Waals surface area contributed by atoms with Gasteiger partial charge < -0.3 is 19.4 Å². The molecule has 1 aliphatic rings. The number of hydrogen-bond acceptors (Lipinski definition) is 4. The Balaban J connectivity index is 1.77. The summed E-state index contributed by atoms with van der Waals surface area (Å²) in [5.74, 6) is 0.249. The van der Waals surface area contributed by atoms with Crippen LogP contribution in [0.3, 0.4) is 0 Å². The number of likely N-dealkylation sites (N-methyl/N-ethyl adjacent to an activating group) is 1. The van der Waals surface area contributed by atoms with Gasteiger partial charge in [0, 0.05) is 7.05 Å². The number of benzene rings is 1. The van der Waals surface area contributed by atoms with E-state index in [4.69, 9.17) is 9.15 Å². The van der Waals surface area contributed by atoms with Gasteiger partial charge in [0.1, 0.15) is 12.4 Å². The Bertz CT molecular complexity index is 669. The Morgan fingerprint density at radius 3 is 2.74 bits per heavy atom. The second-order valence-electron chi connectivity index (χ2n) is 5.39. The monoisotopic (exact) mass is 314 g/mol.